The molecule has 0 bridgehead atoms. The number of amides is 2. The highest BCUT2D eigenvalue weighted by Gasteiger charge is 2.26. The van der Waals surface area contributed by atoms with Crippen LogP contribution in [0.25, 0.3) is 21.8 Å². The van der Waals surface area contributed by atoms with Gasteiger partial charge in [-0.3, -0.25) is 4.79 Å². The number of H-pyrrole nitrogens is 1. The van der Waals surface area contributed by atoms with Crippen LogP contribution in [0.4, 0.5) is 16.3 Å². The smallest absolute Gasteiger partial charge is 0.410 e. The van der Waals surface area contributed by atoms with Gasteiger partial charge in [-0.2, -0.15) is 0 Å². The Morgan fingerprint density at radius 1 is 0.971 bits per heavy atom. The minimum atomic E-state index is -0.509. The first-order chi connectivity index (χ1) is 16.8. The van der Waals surface area contributed by atoms with Gasteiger partial charge in [-0.1, -0.05) is 18.2 Å². The molecule has 180 valence electrons. The normalized spacial score (nSPS) is 14.4. The highest BCUT2D eigenvalue weighted by atomic mass is 16.6. The fraction of sp³-hybridized carbons (Fsp3) is 0.308. The molecular formula is C26H28N6O3. The maximum absolute atomic E-state index is 13.0. The lowest BCUT2D eigenvalue weighted by atomic mass is 10.1. The van der Waals surface area contributed by atoms with Crippen molar-refractivity contribution in [3.05, 3.63) is 60.6 Å². The largest absolute Gasteiger partial charge is 0.444 e. The number of benzene rings is 1. The zero-order chi connectivity index (χ0) is 24.6. The maximum atomic E-state index is 13.0. The van der Waals surface area contributed by atoms with Crippen LogP contribution < -0.4 is 10.2 Å². The summed E-state index contributed by atoms with van der Waals surface area (Å²) in [5.74, 6) is 0.491. The average Bonchev–Trinajstić information content (AvgIpc) is 3.22. The van der Waals surface area contributed by atoms with E-state index in [1.54, 1.807) is 17.3 Å². The summed E-state index contributed by atoms with van der Waals surface area (Å²) >= 11 is 0. The number of anilines is 2. The van der Waals surface area contributed by atoms with E-state index < -0.39 is 5.60 Å². The standard InChI is InChI=1S/C26H28N6O3/c1-26(2,3)35-25(34)32-14-12-31(13-15-32)21-9-8-17(16-28-21)29-24(33)23-22-19(10-11-27-23)18-6-4-5-7-20(18)30-22/h4-11,16,30H,12-15H2,1-3H3,(H,29,33). The van der Waals surface area contributed by atoms with Gasteiger partial charge in [0, 0.05) is 48.7 Å². The number of pyridine rings is 2. The number of rotatable bonds is 3. The lowest BCUT2D eigenvalue weighted by molar-refractivity contribution is 0.0240. The van der Waals surface area contributed by atoms with Crippen molar-refractivity contribution in [3.63, 3.8) is 0 Å². The molecule has 0 spiro atoms. The van der Waals surface area contributed by atoms with Gasteiger partial charge >= 0.3 is 6.09 Å². The third kappa shape index (κ3) is 4.75. The van der Waals surface area contributed by atoms with Crippen molar-refractivity contribution in [1.82, 2.24) is 19.9 Å². The van der Waals surface area contributed by atoms with Gasteiger partial charge in [0.25, 0.3) is 5.91 Å². The number of fused-ring (bicyclic) bond motifs is 3. The van der Waals surface area contributed by atoms with Crippen molar-refractivity contribution in [3.8, 4) is 0 Å². The summed E-state index contributed by atoms with van der Waals surface area (Å²) < 4.78 is 5.46. The number of hydrogen-bond donors (Lipinski definition) is 2. The van der Waals surface area contributed by atoms with E-state index in [4.69, 9.17) is 4.74 Å². The van der Waals surface area contributed by atoms with Crippen molar-refractivity contribution in [2.45, 2.75) is 26.4 Å². The van der Waals surface area contributed by atoms with Gasteiger partial charge < -0.3 is 24.8 Å². The fourth-order valence-electron chi connectivity index (χ4n) is 4.23. The second-order valence-corrected chi connectivity index (χ2v) is 9.57. The van der Waals surface area contributed by atoms with E-state index in [-0.39, 0.29) is 12.0 Å². The van der Waals surface area contributed by atoms with E-state index >= 15 is 0 Å². The van der Waals surface area contributed by atoms with Crippen molar-refractivity contribution >= 4 is 45.3 Å². The predicted octanol–water partition coefficient (Wildman–Crippen LogP) is 4.42. The Balaban J connectivity index is 1.24. The first kappa shape index (κ1) is 22.6. The number of nitrogens with zero attached hydrogens (tertiary/aromatic N) is 4. The Bertz CT molecular complexity index is 1380. The number of piperazine rings is 1. The van der Waals surface area contributed by atoms with Crippen LogP contribution in [0.5, 0.6) is 0 Å². The number of aromatic amines is 1. The second-order valence-electron chi connectivity index (χ2n) is 9.57. The van der Waals surface area contributed by atoms with Crippen LogP contribution in [0.15, 0.2) is 54.9 Å². The monoisotopic (exact) mass is 472 g/mol. The zero-order valence-corrected chi connectivity index (χ0v) is 20.0. The second kappa shape index (κ2) is 8.90. The molecular weight excluding hydrogens is 444 g/mol. The van der Waals surface area contributed by atoms with Crippen LogP contribution in [0.3, 0.4) is 0 Å². The summed E-state index contributed by atoms with van der Waals surface area (Å²) in [6.07, 6.45) is 3.00. The SMILES string of the molecule is CC(C)(C)OC(=O)N1CCN(c2ccc(NC(=O)c3nccc4c3[nH]c3ccccc34)cn2)CC1. The maximum Gasteiger partial charge on any atom is 0.410 e. The number of ether oxygens (including phenoxy) is 1. The summed E-state index contributed by atoms with van der Waals surface area (Å²) in [6.45, 7) is 8.03. The van der Waals surface area contributed by atoms with E-state index in [2.05, 4.69) is 25.2 Å². The van der Waals surface area contributed by atoms with E-state index in [1.807, 2.05) is 63.2 Å². The van der Waals surface area contributed by atoms with Gasteiger partial charge in [-0.05, 0) is 45.0 Å². The first-order valence-corrected chi connectivity index (χ1v) is 11.6. The number of hydrogen-bond acceptors (Lipinski definition) is 6. The van der Waals surface area contributed by atoms with Crippen LogP contribution in [-0.4, -0.2) is 63.6 Å². The van der Waals surface area contributed by atoms with Crippen molar-refractivity contribution in [2.24, 2.45) is 0 Å². The Morgan fingerprint density at radius 3 is 2.46 bits per heavy atom. The van der Waals surface area contributed by atoms with Gasteiger partial charge in [0.1, 0.15) is 11.4 Å². The quantitative estimate of drug-likeness (QED) is 0.458. The molecule has 5 rings (SSSR count). The molecule has 2 amide bonds. The predicted molar refractivity (Wildman–Crippen MR) is 136 cm³/mol. The molecule has 0 radical (unpaired) electrons. The lowest BCUT2D eigenvalue weighted by Gasteiger charge is -2.36. The number of carbonyl (C=O) groups excluding carboxylic acids is 2. The zero-order valence-electron chi connectivity index (χ0n) is 20.0. The molecule has 0 saturated carbocycles. The van der Waals surface area contributed by atoms with Crippen LogP contribution in [0.2, 0.25) is 0 Å². The molecule has 0 atom stereocenters. The molecule has 4 aromatic rings. The van der Waals surface area contributed by atoms with Gasteiger partial charge in [0.05, 0.1) is 17.4 Å². The van der Waals surface area contributed by atoms with Crippen molar-refractivity contribution in [1.29, 1.82) is 0 Å². The molecule has 1 aromatic carbocycles. The molecule has 1 aliphatic heterocycles. The van der Waals surface area contributed by atoms with Crippen molar-refractivity contribution < 1.29 is 14.3 Å². The summed E-state index contributed by atoms with van der Waals surface area (Å²) in [6, 6.07) is 13.5. The molecule has 1 aliphatic rings. The summed E-state index contributed by atoms with van der Waals surface area (Å²) in [7, 11) is 0. The third-order valence-corrected chi connectivity index (χ3v) is 5.90. The number of aromatic nitrogens is 3. The molecule has 9 nitrogen and oxygen atoms in total. The van der Waals surface area contributed by atoms with Gasteiger partial charge in [0.2, 0.25) is 0 Å². The van der Waals surface area contributed by atoms with Crippen LogP contribution in [-0.2, 0) is 4.74 Å². The number of para-hydroxylation sites is 1. The Morgan fingerprint density at radius 2 is 1.74 bits per heavy atom. The highest BCUT2D eigenvalue weighted by Crippen LogP contribution is 2.27. The van der Waals surface area contributed by atoms with Crippen LogP contribution in [0, 0.1) is 0 Å². The van der Waals surface area contributed by atoms with Crippen molar-refractivity contribution in [2.75, 3.05) is 36.4 Å². The number of carbonyl (C=O) groups is 2. The first-order valence-electron chi connectivity index (χ1n) is 11.6. The summed E-state index contributed by atoms with van der Waals surface area (Å²) in [4.78, 5) is 41.3. The Hall–Kier alpha value is -4.14. The van der Waals surface area contributed by atoms with Crippen LogP contribution in [0.1, 0.15) is 31.3 Å². The summed E-state index contributed by atoms with van der Waals surface area (Å²) in [5.41, 5.74) is 2.08. The molecule has 0 aliphatic carbocycles. The highest BCUT2D eigenvalue weighted by molar-refractivity contribution is 6.16. The number of nitrogens with one attached hydrogen (secondary N) is 2. The fourth-order valence-corrected chi connectivity index (χ4v) is 4.23. The minimum Gasteiger partial charge on any atom is -0.444 e. The molecule has 2 N–H and O–H groups in total. The average molecular weight is 473 g/mol. The molecule has 3 aromatic heterocycles. The van der Waals surface area contributed by atoms with Crippen LogP contribution >= 0.6 is 0 Å². The van der Waals surface area contributed by atoms with Gasteiger partial charge in [-0.25, -0.2) is 14.8 Å². The van der Waals surface area contributed by atoms with Gasteiger partial charge in [0.15, 0.2) is 5.69 Å². The molecule has 1 saturated heterocycles. The third-order valence-electron chi connectivity index (χ3n) is 5.90. The van der Waals surface area contributed by atoms with Gasteiger partial charge in [-0.15, -0.1) is 0 Å². The van der Waals surface area contributed by atoms with E-state index in [1.165, 1.54) is 0 Å². The molecule has 4 heterocycles. The van der Waals surface area contributed by atoms with E-state index in [0.717, 1.165) is 22.1 Å². The molecule has 0 unspecified atom stereocenters. The topological polar surface area (TPSA) is 103 Å². The molecule has 35 heavy (non-hydrogen) atoms. The lowest BCUT2D eigenvalue weighted by Crippen LogP contribution is -2.50. The Labute approximate surface area is 203 Å². The minimum absolute atomic E-state index is 0.290. The molecule has 1 fully saturated rings. The van der Waals surface area contributed by atoms with E-state index in [9.17, 15) is 9.59 Å². The summed E-state index contributed by atoms with van der Waals surface area (Å²) in [5, 5.41) is 4.91. The Kier molecular flexibility index (Phi) is 5.76. The molecule has 9 heteroatoms. The van der Waals surface area contributed by atoms with E-state index in [0.29, 0.717) is 43.1 Å².